The van der Waals surface area contributed by atoms with Crippen molar-refractivity contribution >= 4 is 16.4 Å². The van der Waals surface area contributed by atoms with Crippen LogP contribution in [0.1, 0.15) is 219 Å². The van der Waals surface area contributed by atoms with Gasteiger partial charge in [-0.15, -0.1) is 0 Å². The molecule has 0 aromatic carbocycles. The van der Waals surface area contributed by atoms with Crippen molar-refractivity contribution in [1.29, 1.82) is 0 Å². The van der Waals surface area contributed by atoms with Gasteiger partial charge in [-0.2, -0.15) is 8.42 Å². The topological polar surface area (TPSA) is 178 Å². The monoisotopic (exact) mass is 983 g/mol. The standard InChI is InChI=1S/C55H98O12S/c1-3-5-7-9-11-13-15-17-19-21-22-23-24-25-26-27-29-31-33-35-37-39-41-43-45-63-47-49(48-64-55-53(59)54(67-68(60,61)62)52(58)50(46-56)66-55)65-51(57)44-42-40-38-36-34-32-30-28-20-18-16-14-12-10-8-6-4-2/h12,14-15,17-18,20-22,24-25,49-50,52-56,58-59H,3-11,13,16,19,23,26-48H2,1-2H3,(H,60,61,62)/b14-12-,17-15-,20-18-,22-21-,25-24-. The van der Waals surface area contributed by atoms with Gasteiger partial charge in [0.25, 0.3) is 0 Å². The second kappa shape index (κ2) is 45.9. The minimum absolute atomic E-state index is 0.0271. The lowest BCUT2D eigenvalue weighted by Crippen LogP contribution is -2.60. The first-order chi connectivity index (χ1) is 33.1. The van der Waals surface area contributed by atoms with Gasteiger partial charge in [0.1, 0.15) is 30.5 Å². The van der Waals surface area contributed by atoms with Crippen molar-refractivity contribution in [1.82, 2.24) is 0 Å². The number of carbonyl (C=O) groups is 1. The summed E-state index contributed by atoms with van der Waals surface area (Å²) in [4.78, 5) is 12.9. The maximum absolute atomic E-state index is 12.9. The van der Waals surface area contributed by atoms with E-state index in [1.54, 1.807) is 0 Å². The molecule has 0 aromatic heterocycles. The van der Waals surface area contributed by atoms with Gasteiger partial charge in [-0.05, 0) is 83.5 Å². The Morgan fingerprint density at radius 3 is 1.44 bits per heavy atom. The van der Waals surface area contributed by atoms with E-state index in [0.717, 1.165) is 70.6 Å². The van der Waals surface area contributed by atoms with Gasteiger partial charge < -0.3 is 34.3 Å². The summed E-state index contributed by atoms with van der Waals surface area (Å²) in [5, 5.41) is 30.8. The van der Waals surface area contributed by atoms with Crippen molar-refractivity contribution in [3.63, 3.8) is 0 Å². The zero-order valence-electron chi connectivity index (χ0n) is 42.7. The van der Waals surface area contributed by atoms with Crippen molar-refractivity contribution in [2.75, 3.05) is 26.4 Å². The molecule has 0 amide bonds. The lowest BCUT2D eigenvalue weighted by Gasteiger charge is -2.41. The predicted molar refractivity (Wildman–Crippen MR) is 276 cm³/mol. The third-order valence-corrected chi connectivity index (χ3v) is 12.6. The molecule has 0 radical (unpaired) electrons. The van der Waals surface area contributed by atoms with Crippen LogP contribution in [0, 0.1) is 0 Å². The van der Waals surface area contributed by atoms with E-state index in [9.17, 15) is 33.1 Å². The van der Waals surface area contributed by atoms with E-state index >= 15 is 0 Å². The lowest BCUT2D eigenvalue weighted by atomic mass is 9.99. The molecular weight excluding hydrogens is 885 g/mol. The van der Waals surface area contributed by atoms with E-state index in [2.05, 4.69) is 78.8 Å². The maximum Gasteiger partial charge on any atom is 0.397 e. The Morgan fingerprint density at radius 2 is 0.971 bits per heavy atom. The van der Waals surface area contributed by atoms with Crippen molar-refractivity contribution < 1.29 is 56.2 Å². The molecule has 1 aliphatic heterocycles. The Kier molecular flexibility index (Phi) is 43.1. The van der Waals surface area contributed by atoms with Gasteiger partial charge in [0.15, 0.2) is 6.29 Å². The second-order valence-corrected chi connectivity index (χ2v) is 19.5. The van der Waals surface area contributed by atoms with Crippen LogP contribution < -0.4 is 0 Å². The van der Waals surface area contributed by atoms with Crippen LogP contribution in [-0.4, -0.2) is 97.5 Å². The molecule has 68 heavy (non-hydrogen) atoms. The van der Waals surface area contributed by atoms with Crippen LogP contribution in [0.5, 0.6) is 0 Å². The number of aliphatic hydroxyl groups is 3. The average Bonchev–Trinajstić information content (AvgIpc) is 3.31. The van der Waals surface area contributed by atoms with E-state index in [1.807, 2.05) is 0 Å². The Balaban J connectivity index is 2.34. The number of unbranched alkanes of at least 4 members (excludes halogenated alkanes) is 24. The summed E-state index contributed by atoms with van der Waals surface area (Å²) >= 11 is 0. The molecule has 0 saturated carbocycles. The SMILES string of the molecule is CCCCC/C=C\C/C=C\CCCCCCCCCC(=O)OC(COCCCCCCCCCCC/C=C\C/C=C\C/C=C\CCCCCCC)COC1OC(CO)C(O)C(OS(=O)(=O)O)C1O. The van der Waals surface area contributed by atoms with Gasteiger partial charge in [-0.3, -0.25) is 9.35 Å². The normalized spacial score (nSPS) is 19.8. The molecule has 1 fully saturated rings. The van der Waals surface area contributed by atoms with Gasteiger partial charge in [-0.1, -0.05) is 190 Å². The fraction of sp³-hybridized carbons (Fsp3) is 0.800. The van der Waals surface area contributed by atoms with E-state index in [0.29, 0.717) is 13.0 Å². The van der Waals surface area contributed by atoms with Gasteiger partial charge >= 0.3 is 16.4 Å². The first-order valence-electron chi connectivity index (χ1n) is 27.0. The van der Waals surface area contributed by atoms with E-state index in [4.69, 9.17) is 18.9 Å². The molecular formula is C55H98O12S. The van der Waals surface area contributed by atoms with Crippen molar-refractivity contribution in [2.24, 2.45) is 0 Å². The minimum Gasteiger partial charge on any atom is -0.457 e. The zero-order chi connectivity index (χ0) is 49.6. The Morgan fingerprint density at radius 1 is 0.559 bits per heavy atom. The number of hydrogen-bond donors (Lipinski definition) is 4. The van der Waals surface area contributed by atoms with Gasteiger partial charge in [-0.25, -0.2) is 4.18 Å². The van der Waals surface area contributed by atoms with E-state index in [-0.39, 0.29) is 19.6 Å². The molecule has 0 spiro atoms. The molecule has 12 nitrogen and oxygen atoms in total. The molecule has 0 aromatic rings. The number of esters is 1. The van der Waals surface area contributed by atoms with Crippen LogP contribution in [0.4, 0.5) is 0 Å². The maximum atomic E-state index is 12.9. The van der Waals surface area contributed by atoms with Crippen LogP contribution in [0.2, 0.25) is 0 Å². The van der Waals surface area contributed by atoms with Crippen LogP contribution in [-0.2, 0) is 38.3 Å². The molecule has 396 valence electrons. The highest BCUT2D eigenvalue weighted by Gasteiger charge is 2.48. The largest absolute Gasteiger partial charge is 0.457 e. The highest BCUT2D eigenvalue weighted by atomic mass is 32.3. The summed E-state index contributed by atoms with van der Waals surface area (Å²) < 4.78 is 59.3. The van der Waals surface area contributed by atoms with Crippen molar-refractivity contribution in [2.45, 2.75) is 256 Å². The second-order valence-electron chi connectivity index (χ2n) is 18.5. The highest BCUT2D eigenvalue weighted by Crippen LogP contribution is 2.26. The van der Waals surface area contributed by atoms with Gasteiger partial charge in [0, 0.05) is 13.0 Å². The highest BCUT2D eigenvalue weighted by molar-refractivity contribution is 7.80. The molecule has 0 aliphatic carbocycles. The number of ether oxygens (including phenoxy) is 4. The number of rotatable bonds is 47. The molecule has 1 saturated heterocycles. The third kappa shape index (κ3) is 38.5. The Hall–Kier alpha value is -2.20. The Labute approximate surface area is 414 Å². The predicted octanol–water partition coefficient (Wildman–Crippen LogP) is 12.9. The first-order valence-corrected chi connectivity index (χ1v) is 28.4. The fourth-order valence-electron chi connectivity index (χ4n) is 8.00. The molecule has 1 heterocycles. The minimum atomic E-state index is -5.07. The summed E-state index contributed by atoms with van der Waals surface area (Å²) in [6, 6.07) is 0. The van der Waals surface area contributed by atoms with Crippen molar-refractivity contribution in [3.8, 4) is 0 Å². The summed E-state index contributed by atoms with van der Waals surface area (Å²) in [6.45, 7) is 3.95. The van der Waals surface area contributed by atoms with Crippen LogP contribution in [0.25, 0.3) is 0 Å². The van der Waals surface area contributed by atoms with Crippen LogP contribution in [0.3, 0.4) is 0 Å². The molecule has 6 atom stereocenters. The molecule has 0 bridgehead atoms. The average molecular weight is 983 g/mol. The Bertz CT molecular complexity index is 1410. The van der Waals surface area contributed by atoms with Gasteiger partial charge in [0.05, 0.1) is 19.8 Å². The third-order valence-electron chi connectivity index (χ3n) is 12.1. The van der Waals surface area contributed by atoms with E-state index in [1.165, 1.54) is 122 Å². The number of aliphatic hydroxyl groups excluding tert-OH is 3. The summed E-state index contributed by atoms with van der Waals surface area (Å²) in [5.41, 5.74) is 0. The molecule has 1 rings (SSSR count). The lowest BCUT2D eigenvalue weighted by molar-refractivity contribution is -0.301. The molecule has 6 unspecified atom stereocenters. The summed E-state index contributed by atoms with van der Waals surface area (Å²) in [5.74, 6) is -0.409. The quantitative estimate of drug-likeness (QED) is 0.0197. The first kappa shape index (κ1) is 63.8. The summed E-state index contributed by atoms with van der Waals surface area (Å²) in [6.07, 6.45) is 49.6. The molecule has 4 N–H and O–H groups in total. The smallest absolute Gasteiger partial charge is 0.397 e. The fourth-order valence-corrected chi connectivity index (χ4v) is 8.51. The van der Waals surface area contributed by atoms with E-state index < -0.39 is 59.8 Å². The molecule has 13 heteroatoms. The van der Waals surface area contributed by atoms with Crippen LogP contribution >= 0.6 is 0 Å². The number of carbonyl (C=O) groups excluding carboxylic acids is 1. The zero-order valence-corrected chi connectivity index (χ0v) is 43.5. The molecule has 1 aliphatic rings. The van der Waals surface area contributed by atoms with Crippen molar-refractivity contribution in [3.05, 3.63) is 60.8 Å². The number of hydrogen-bond acceptors (Lipinski definition) is 11. The van der Waals surface area contributed by atoms with Crippen LogP contribution in [0.15, 0.2) is 60.8 Å². The number of allylic oxidation sites excluding steroid dienone is 10. The summed E-state index contributed by atoms with van der Waals surface area (Å²) in [7, 11) is -5.07. The van der Waals surface area contributed by atoms with Gasteiger partial charge in [0.2, 0.25) is 0 Å².